The second-order valence-electron chi connectivity index (χ2n) is 7.79. The molecule has 4 rings (SSSR count). The van der Waals surface area contributed by atoms with Crippen molar-refractivity contribution < 1.29 is 9.59 Å². The van der Waals surface area contributed by atoms with E-state index < -0.39 is 5.91 Å². The fourth-order valence-electron chi connectivity index (χ4n) is 3.67. The molecule has 0 bridgehead atoms. The number of likely N-dealkylation sites (N-methyl/N-ethyl adjacent to an activating group) is 1. The number of amides is 2. The highest BCUT2D eigenvalue weighted by Gasteiger charge is 2.21. The summed E-state index contributed by atoms with van der Waals surface area (Å²) in [7, 11) is 3.66. The van der Waals surface area contributed by atoms with Crippen molar-refractivity contribution in [2.45, 2.75) is 6.04 Å². The van der Waals surface area contributed by atoms with Crippen molar-refractivity contribution >= 4 is 29.8 Å². The number of allylic oxidation sites excluding steroid dienone is 4. The lowest BCUT2D eigenvalue weighted by Gasteiger charge is -2.31. The van der Waals surface area contributed by atoms with Gasteiger partial charge in [0.25, 0.3) is 11.8 Å². The monoisotopic (exact) mass is 451 g/mol. The van der Waals surface area contributed by atoms with Crippen molar-refractivity contribution in [1.82, 2.24) is 15.2 Å². The first-order valence-electron chi connectivity index (χ1n) is 10.8. The predicted molar refractivity (Wildman–Crippen MR) is 136 cm³/mol. The number of rotatable bonds is 6. The van der Waals surface area contributed by atoms with Crippen LogP contribution in [-0.2, 0) is 0 Å². The van der Waals surface area contributed by atoms with Crippen LogP contribution in [0.3, 0.4) is 0 Å². The van der Waals surface area contributed by atoms with E-state index in [1.165, 1.54) is 0 Å². The molecule has 2 aromatic rings. The van der Waals surface area contributed by atoms with Gasteiger partial charge in [-0.05, 0) is 47.6 Å². The van der Waals surface area contributed by atoms with Crippen molar-refractivity contribution in [2.24, 2.45) is 4.99 Å². The number of aliphatic imine (C=N–C) groups is 1. The van der Waals surface area contributed by atoms with Crippen LogP contribution < -0.4 is 10.6 Å². The third-order valence-electron chi connectivity index (χ3n) is 5.28. The molecule has 7 heteroatoms. The van der Waals surface area contributed by atoms with Crippen LogP contribution in [0, 0.1) is 0 Å². The highest BCUT2D eigenvalue weighted by atomic mass is 16.2. The van der Waals surface area contributed by atoms with E-state index in [0.29, 0.717) is 11.4 Å². The normalized spacial score (nSPS) is 16.9. The van der Waals surface area contributed by atoms with Gasteiger partial charge in [0.2, 0.25) is 0 Å². The number of pyridine rings is 1. The summed E-state index contributed by atoms with van der Waals surface area (Å²) in [5.41, 5.74) is 3.61. The van der Waals surface area contributed by atoms with Gasteiger partial charge in [0, 0.05) is 32.2 Å². The average molecular weight is 452 g/mol. The van der Waals surface area contributed by atoms with Crippen LogP contribution in [0.15, 0.2) is 101 Å². The molecule has 2 aliphatic rings. The Morgan fingerprint density at radius 3 is 2.62 bits per heavy atom. The van der Waals surface area contributed by atoms with Crippen molar-refractivity contribution in [3.63, 3.8) is 0 Å². The molecule has 34 heavy (non-hydrogen) atoms. The van der Waals surface area contributed by atoms with E-state index in [2.05, 4.69) is 26.7 Å². The Bertz CT molecular complexity index is 1280. The fraction of sp³-hybridized carbons (Fsp3) is 0.111. The SMILES string of the molecule is CN=C/C=C\c1cccc(NC(=O)c2cccc(C(=O)NC3=CN(C)C4C=CC=CC4=C3)n2)c1. The molecule has 1 atom stereocenters. The molecule has 0 radical (unpaired) electrons. The summed E-state index contributed by atoms with van der Waals surface area (Å²) in [4.78, 5) is 35.8. The summed E-state index contributed by atoms with van der Waals surface area (Å²) in [6, 6.07) is 12.4. The van der Waals surface area contributed by atoms with E-state index >= 15 is 0 Å². The van der Waals surface area contributed by atoms with Gasteiger partial charge in [0.15, 0.2) is 0 Å². The van der Waals surface area contributed by atoms with Crippen molar-refractivity contribution in [3.05, 3.63) is 113 Å². The lowest BCUT2D eigenvalue weighted by Crippen LogP contribution is -2.34. The first-order valence-corrected chi connectivity index (χ1v) is 10.8. The Morgan fingerprint density at radius 1 is 1.06 bits per heavy atom. The van der Waals surface area contributed by atoms with Crippen LogP contribution in [-0.4, -0.2) is 48.1 Å². The van der Waals surface area contributed by atoms with Gasteiger partial charge >= 0.3 is 0 Å². The highest BCUT2D eigenvalue weighted by molar-refractivity contribution is 6.04. The van der Waals surface area contributed by atoms with E-state index in [-0.39, 0.29) is 23.3 Å². The number of carbonyl (C=O) groups excluding carboxylic acids is 2. The van der Waals surface area contributed by atoms with E-state index in [0.717, 1.165) is 11.1 Å². The molecular weight excluding hydrogens is 426 g/mol. The van der Waals surface area contributed by atoms with Crippen LogP contribution in [0.4, 0.5) is 5.69 Å². The highest BCUT2D eigenvalue weighted by Crippen LogP contribution is 2.23. The molecule has 0 spiro atoms. The minimum atomic E-state index is -0.397. The van der Waals surface area contributed by atoms with Gasteiger partial charge in [-0.2, -0.15) is 0 Å². The molecule has 0 saturated heterocycles. The molecule has 0 saturated carbocycles. The number of nitrogens with zero attached hydrogens (tertiary/aromatic N) is 3. The van der Waals surface area contributed by atoms with Crippen LogP contribution in [0.5, 0.6) is 0 Å². The Kier molecular flexibility index (Phi) is 6.93. The summed E-state index contributed by atoms with van der Waals surface area (Å²) in [6.07, 6.45) is 17.3. The number of anilines is 1. The summed E-state index contributed by atoms with van der Waals surface area (Å²) in [5.74, 6) is -0.781. The molecule has 2 heterocycles. The zero-order valence-corrected chi connectivity index (χ0v) is 19.0. The Morgan fingerprint density at radius 2 is 1.82 bits per heavy atom. The summed E-state index contributed by atoms with van der Waals surface area (Å²) in [5, 5.41) is 5.71. The minimum Gasteiger partial charge on any atom is -0.368 e. The second-order valence-corrected chi connectivity index (χ2v) is 7.79. The van der Waals surface area contributed by atoms with E-state index in [9.17, 15) is 9.59 Å². The van der Waals surface area contributed by atoms with Crippen molar-refractivity contribution in [1.29, 1.82) is 0 Å². The van der Waals surface area contributed by atoms with Gasteiger partial charge < -0.3 is 15.5 Å². The largest absolute Gasteiger partial charge is 0.368 e. The number of hydrogen-bond donors (Lipinski definition) is 2. The van der Waals surface area contributed by atoms with Gasteiger partial charge in [-0.1, -0.05) is 48.6 Å². The van der Waals surface area contributed by atoms with Gasteiger partial charge in [-0.3, -0.25) is 14.6 Å². The van der Waals surface area contributed by atoms with E-state index in [4.69, 9.17) is 0 Å². The van der Waals surface area contributed by atoms with Crippen LogP contribution in [0.25, 0.3) is 6.08 Å². The lowest BCUT2D eigenvalue weighted by atomic mass is 9.97. The fourth-order valence-corrected chi connectivity index (χ4v) is 3.67. The van der Waals surface area contributed by atoms with Crippen LogP contribution >= 0.6 is 0 Å². The van der Waals surface area contributed by atoms with Crippen LogP contribution in [0.2, 0.25) is 0 Å². The molecule has 2 amide bonds. The number of aromatic nitrogens is 1. The standard InChI is InChI=1S/C27H25N5O2/c1-28-15-7-9-19-8-5-11-21(16-19)29-26(33)23-12-6-13-24(31-23)27(34)30-22-17-20-10-3-4-14-25(20)32(2)18-22/h3-18,25H,1-2H3,(H,29,33)(H,30,34)/b9-7-,28-15?. The third kappa shape index (κ3) is 5.45. The second kappa shape index (κ2) is 10.4. The van der Waals surface area contributed by atoms with E-state index in [1.807, 2.05) is 72.8 Å². The maximum atomic E-state index is 12.8. The van der Waals surface area contributed by atoms with Gasteiger partial charge in [0.05, 0.1) is 11.7 Å². The van der Waals surface area contributed by atoms with Crippen molar-refractivity contribution in [2.75, 3.05) is 19.4 Å². The quantitative estimate of drug-likeness (QED) is 0.651. The zero-order valence-electron chi connectivity index (χ0n) is 19.0. The molecule has 1 unspecified atom stereocenters. The zero-order chi connectivity index (χ0) is 23.9. The third-order valence-corrected chi connectivity index (χ3v) is 5.28. The Labute approximate surface area is 198 Å². The topological polar surface area (TPSA) is 86.7 Å². The molecule has 2 N–H and O–H groups in total. The number of nitrogens with one attached hydrogen (secondary N) is 2. The maximum Gasteiger partial charge on any atom is 0.274 e. The molecule has 7 nitrogen and oxygen atoms in total. The van der Waals surface area contributed by atoms with Gasteiger partial charge in [-0.25, -0.2) is 4.98 Å². The number of benzene rings is 1. The molecule has 170 valence electrons. The smallest absolute Gasteiger partial charge is 0.274 e. The molecule has 0 fully saturated rings. The molecule has 1 aliphatic carbocycles. The maximum absolute atomic E-state index is 12.8. The van der Waals surface area contributed by atoms with Crippen molar-refractivity contribution in [3.8, 4) is 0 Å². The number of hydrogen-bond acceptors (Lipinski definition) is 5. The summed E-state index contributed by atoms with van der Waals surface area (Å²) < 4.78 is 0. The first kappa shape index (κ1) is 22.7. The average Bonchev–Trinajstić information content (AvgIpc) is 2.84. The number of carbonyl (C=O) groups is 2. The van der Waals surface area contributed by atoms with Gasteiger partial charge in [0.1, 0.15) is 11.4 Å². The van der Waals surface area contributed by atoms with E-state index in [1.54, 1.807) is 37.5 Å². The van der Waals surface area contributed by atoms with Crippen LogP contribution in [0.1, 0.15) is 26.5 Å². The Hall–Kier alpha value is -4.52. The molecular formula is C27H25N5O2. The molecule has 1 aromatic heterocycles. The minimum absolute atomic E-state index is 0.153. The lowest BCUT2D eigenvalue weighted by molar-refractivity contribution is 0.0961. The Balaban J connectivity index is 1.45. The van der Waals surface area contributed by atoms with Gasteiger partial charge in [-0.15, -0.1) is 0 Å². The number of fused-ring (bicyclic) bond motifs is 1. The first-order chi connectivity index (χ1) is 16.5. The molecule has 1 aliphatic heterocycles. The predicted octanol–water partition coefficient (Wildman–Crippen LogP) is 3.99. The summed E-state index contributed by atoms with van der Waals surface area (Å²) >= 11 is 0. The molecule has 1 aromatic carbocycles. The summed E-state index contributed by atoms with van der Waals surface area (Å²) in [6.45, 7) is 0.